The summed E-state index contributed by atoms with van der Waals surface area (Å²) in [7, 11) is 0. The maximum atomic E-state index is 12.3. The Labute approximate surface area is 140 Å². The second-order valence-corrected chi connectivity index (χ2v) is 6.02. The summed E-state index contributed by atoms with van der Waals surface area (Å²) < 4.78 is 0. The van der Waals surface area contributed by atoms with Crippen molar-refractivity contribution in [3.8, 4) is 5.75 Å². The van der Waals surface area contributed by atoms with E-state index in [1.54, 1.807) is 11.0 Å². The van der Waals surface area contributed by atoms with Gasteiger partial charge in [-0.2, -0.15) is 0 Å². The molecule has 24 heavy (non-hydrogen) atoms. The van der Waals surface area contributed by atoms with Crippen molar-refractivity contribution in [2.24, 2.45) is 5.92 Å². The average Bonchev–Trinajstić information content (AvgIpc) is 2.93. The van der Waals surface area contributed by atoms with Gasteiger partial charge < -0.3 is 15.3 Å². The molecule has 124 valence electrons. The third kappa shape index (κ3) is 3.53. The lowest BCUT2D eigenvalue weighted by atomic mass is 10.1. The minimum atomic E-state index is -0.440. The Bertz CT molecular complexity index is 758. The fraction of sp³-hybridized carbons (Fsp3) is 0.278. The van der Waals surface area contributed by atoms with E-state index in [-0.39, 0.29) is 29.8 Å². The van der Waals surface area contributed by atoms with Gasteiger partial charge in [0.1, 0.15) is 0 Å². The Kier molecular flexibility index (Phi) is 4.46. The molecule has 1 aromatic carbocycles. The third-order valence-electron chi connectivity index (χ3n) is 4.11. The van der Waals surface area contributed by atoms with Gasteiger partial charge in [0.05, 0.1) is 5.92 Å². The molecular formula is C18H19N3O3. The summed E-state index contributed by atoms with van der Waals surface area (Å²) in [5.74, 6) is -0.757. The van der Waals surface area contributed by atoms with Gasteiger partial charge in [-0.05, 0) is 24.6 Å². The number of carbonyl (C=O) groups excluding carboxylic acids is 2. The van der Waals surface area contributed by atoms with Crippen LogP contribution in [-0.4, -0.2) is 33.3 Å². The molecule has 1 fully saturated rings. The molecule has 1 aliphatic heterocycles. The van der Waals surface area contributed by atoms with Crippen molar-refractivity contribution in [2.45, 2.75) is 19.9 Å². The Morgan fingerprint density at radius 1 is 1.33 bits per heavy atom. The van der Waals surface area contributed by atoms with Crippen LogP contribution in [0.15, 0.2) is 42.6 Å². The number of hydrogen-bond acceptors (Lipinski definition) is 4. The zero-order valence-corrected chi connectivity index (χ0v) is 13.4. The zero-order valence-electron chi connectivity index (χ0n) is 13.4. The number of rotatable bonds is 4. The fourth-order valence-electron chi connectivity index (χ4n) is 2.73. The molecule has 6 heteroatoms. The number of hydrogen-bond donors (Lipinski definition) is 2. The van der Waals surface area contributed by atoms with Gasteiger partial charge in [-0.25, -0.2) is 4.98 Å². The van der Waals surface area contributed by atoms with E-state index in [1.807, 2.05) is 31.2 Å². The highest BCUT2D eigenvalue weighted by Gasteiger charge is 2.34. The van der Waals surface area contributed by atoms with Gasteiger partial charge in [0, 0.05) is 25.7 Å². The molecule has 0 aliphatic carbocycles. The molecule has 1 aromatic heterocycles. The predicted octanol–water partition coefficient (Wildman–Crippen LogP) is 2.08. The highest BCUT2D eigenvalue weighted by Crippen LogP contribution is 2.24. The first kappa shape index (κ1) is 16.0. The molecule has 3 rings (SSSR count). The first-order valence-corrected chi connectivity index (χ1v) is 7.81. The number of aromatic nitrogens is 1. The first-order chi connectivity index (χ1) is 11.5. The van der Waals surface area contributed by atoms with Crippen LogP contribution in [0.1, 0.15) is 17.5 Å². The summed E-state index contributed by atoms with van der Waals surface area (Å²) in [6.45, 7) is 2.88. The number of benzene rings is 1. The van der Waals surface area contributed by atoms with E-state index in [0.29, 0.717) is 13.1 Å². The van der Waals surface area contributed by atoms with E-state index in [9.17, 15) is 14.7 Å². The second kappa shape index (κ2) is 6.70. The van der Waals surface area contributed by atoms with Gasteiger partial charge in [0.2, 0.25) is 11.8 Å². The molecule has 6 nitrogen and oxygen atoms in total. The lowest BCUT2D eigenvalue weighted by Crippen LogP contribution is -2.28. The maximum Gasteiger partial charge on any atom is 0.231 e. The summed E-state index contributed by atoms with van der Waals surface area (Å²) in [6.07, 6.45) is 1.66. The normalized spacial score (nSPS) is 17.1. The van der Waals surface area contributed by atoms with Crippen LogP contribution < -0.4 is 5.32 Å². The lowest BCUT2D eigenvalue weighted by molar-refractivity contribution is -0.128. The van der Waals surface area contributed by atoms with Gasteiger partial charge in [0.25, 0.3) is 0 Å². The first-order valence-electron chi connectivity index (χ1n) is 7.81. The molecule has 0 spiro atoms. The van der Waals surface area contributed by atoms with Crippen molar-refractivity contribution in [3.05, 3.63) is 53.7 Å². The molecule has 2 aromatic rings. The SMILES string of the molecule is Cc1ccc(CN2C[C@H](C(=O)Nc3ncccc3O)CC2=O)cc1. The van der Waals surface area contributed by atoms with E-state index in [0.717, 1.165) is 5.56 Å². The fourth-order valence-corrected chi connectivity index (χ4v) is 2.73. The number of aryl methyl sites for hydroxylation is 1. The number of aromatic hydroxyl groups is 1. The molecule has 0 saturated carbocycles. The Morgan fingerprint density at radius 2 is 2.08 bits per heavy atom. The lowest BCUT2D eigenvalue weighted by Gasteiger charge is -2.17. The van der Waals surface area contributed by atoms with Crippen LogP contribution in [0.25, 0.3) is 0 Å². The quantitative estimate of drug-likeness (QED) is 0.901. The smallest absolute Gasteiger partial charge is 0.231 e. The van der Waals surface area contributed by atoms with E-state index in [2.05, 4.69) is 10.3 Å². The molecule has 1 saturated heterocycles. The Balaban J connectivity index is 1.62. The highest BCUT2D eigenvalue weighted by molar-refractivity contribution is 5.97. The minimum absolute atomic E-state index is 0.0408. The molecule has 2 N–H and O–H groups in total. The van der Waals surface area contributed by atoms with Gasteiger partial charge >= 0.3 is 0 Å². The molecule has 1 atom stereocenters. The van der Waals surface area contributed by atoms with E-state index >= 15 is 0 Å². The molecule has 2 heterocycles. The van der Waals surface area contributed by atoms with Gasteiger partial charge in [-0.15, -0.1) is 0 Å². The predicted molar refractivity (Wildman–Crippen MR) is 89.2 cm³/mol. The Hall–Kier alpha value is -2.89. The summed E-state index contributed by atoms with van der Waals surface area (Å²) in [4.78, 5) is 30.1. The van der Waals surface area contributed by atoms with Crippen LogP contribution in [0.3, 0.4) is 0 Å². The highest BCUT2D eigenvalue weighted by atomic mass is 16.3. The van der Waals surface area contributed by atoms with Crippen LogP contribution in [0.4, 0.5) is 5.82 Å². The van der Waals surface area contributed by atoms with Crippen LogP contribution in [0.2, 0.25) is 0 Å². The van der Waals surface area contributed by atoms with Gasteiger partial charge in [-0.1, -0.05) is 29.8 Å². The largest absolute Gasteiger partial charge is 0.504 e. The Morgan fingerprint density at radius 3 is 2.79 bits per heavy atom. The summed E-state index contributed by atoms with van der Waals surface area (Å²) in [5.41, 5.74) is 2.20. The third-order valence-corrected chi connectivity index (χ3v) is 4.11. The van der Waals surface area contributed by atoms with Crippen molar-refractivity contribution in [1.82, 2.24) is 9.88 Å². The van der Waals surface area contributed by atoms with Crippen molar-refractivity contribution in [3.63, 3.8) is 0 Å². The zero-order chi connectivity index (χ0) is 17.1. The van der Waals surface area contributed by atoms with E-state index < -0.39 is 5.92 Å². The maximum absolute atomic E-state index is 12.3. The topological polar surface area (TPSA) is 82.5 Å². The van der Waals surface area contributed by atoms with Gasteiger partial charge in [-0.3, -0.25) is 9.59 Å². The van der Waals surface area contributed by atoms with Crippen LogP contribution in [0, 0.1) is 12.8 Å². The van der Waals surface area contributed by atoms with Crippen molar-refractivity contribution in [2.75, 3.05) is 11.9 Å². The molecular weight excluding hydrogens is 306 g/mol. The number of likely N-dealkylation sites (tertiary alicyclic amines) is 1. The summed E-state index contributed by atoms with van der Waals surface area (Å²) in [6, 6.07) is 11.0. The van der Waals surface area contributed by atoms with Crippen LogP contribution >= 0.6 is 0 Å². The van der Waals surface area contributed by atoms with E-state index in [1.165, 1.54) is 17.8 Å². The summed E-state index contributed by atoms with van der Waals surface area (Å²) >= 11 is 0. The molecule has 0 bridgehead atoms. The van der Waals surface area contributed by atoms with E-state index in [4.69, 9.17) is 0 Å². The van der Waals surface area contributed by atoms with Crippen molar-refractivity contribution >= 4 is 17.6 Å². The minimum Gasteiger partial charge on any atom is -0.504 e. The number of amides is 2. The molecule has 2 amide bonds. The molecule has 0 radical (unpaired) electrons. The van der Waals surface area contributed by atoms with Crippen LogP contribution in [0.5, 0.6) is 5.75 Å². The molecule has 1 aliphatic rings. The number of pyridine rings is 1. The van der Waals surface area contributed by atoms with Crippen molar-refractivity contribution < 1.29 is 14.7 Å². The average molecular weight is 325 g/mol. The number of nitrogens with zero attached hydrogens (tertiary/aromatic N) is 2. The summed E-state index contributed by atoms with van der Waals surface area (Å²) in [5, 5.41) is 12.3. The van der Waals surface area contributed by atoms with Crippen molar-refractivity contribution in [1.29, 1.82) is 0 Å². The number of nitrogens with one attached hydrogen (secondary N) is 1. The molecule has 0 unspecified atom stereocenters. The second-order valence-electron chi connectivity index (χ2n) is 6.02. The van der Waals surface area contributed by atoms with Gasteiger partial charge in [0.15, 0.2) is 11.6 Å². The monoisotopic (exact) mass is 325 g/mol. The van der Waals surface area contributed by atoms with Crippen LogP contribution in [-0.2, 0) is 16.1 Å². The standard InChI is InChI=1S/C18H19N3O3/c1-12-4-6-13(7-5-12)10-21-11-14(9-16(21)23)18(24)20-17-15(22)3-2-8-19-17/h2-8,14,22H,9-11H2,1H3,(H,19,20,24)/t14-/m1/s1. The number of anilines is 1. The number of carbonyl (C=O) groups is 2.